The number of aromatic nitrogens is 1. The van der Waals surface area contributed by atoms with Gasteiger partial charge >= 0.3 is 0 Å². The van der Waals surface area contributed by atoms with Gasteiger partial charge in [-0.05, 0) is 30.7 Å². The van der Waals surface area contributed by atoms with Crippen LogP contribution in [0.4, 0.5) is 10.2 Å². The molecule has 0 aliphatic carbocycles. The second-order valence-electron chi connectivity index (χ2n) is 3.10. The number of aryl methyl sites for hydroxylation is 1. The number of anilines is 1. The molecule has 2 aromatic rings. The predicted octanol–water partition coefficient (Wildman–Crippen LogP) is 1.97. The molecule has 0 atom stereocenters. The van der Waals surface area contributed by atoms with E-state index in [9.17, 15) is 4.39 Å². The number of fused-ring (bicyclic) bond motifs is 1. The summed E-state index contributed by atoms with van der Waals surface area (Å²) in [6.45, 7) is 1.88. The van der Waals surface area contributed by atoms with Crippen molar-refractivity contribution >= 4 is 16.7 Å². The summed E-state index contributed by atoms with van der Waals surface area (Å²) in [6, 6.07) is 6.45. The number of nitrogens with two attached hydrogens (primary N) is 1. The Balaban J connectivity index is 2.80. The van der Waals surface area contributed by atoms with Gasteiger partial charge in [0, 0.05) is 5.39 Å². The maximum atomic E-state index is 13.3. The minimum atomic E-state index is -0.262. The number of benzene rings is 1. The summed E-state index contributed by atoms with van der Waals surface area (Å²) in [5.74, 6) is 5.49. The fraction of sp³-hybridized carbons (Fsp3) is 0.100. The fourth-order valence-corrected chi connectivity index (χ4v) is 1.40. The summed E-state index contributed by atoms with van der Waals surface area (Å²) in [5, 5.41) is 0.518. The fourth-order valence-electron chi connectivity index (χ4n) is 1.40. The van der Waals surface area contributed by atoms with Crippen LogP contribution in [0, 0.1) is 12.7 Å². The van der Waals surface area contributed by atoms with Crippen molar-refractivity contribution in [3.63, 3.8) is 0 Å². The lowest BCUT2D eigenvalue weighted by molar-refractivity contribution is 0.639. The monoisotopic (exact) mass is 191 g/mol. The first-order valence-electron chi connectivity index (χ1n) is 4.25. The number of hydrogen-bond acceptors (Lipinski definition) is 3. The molecule has 0 radical (unpaired) electrons. The van der Waals surface area contributed by atoms with E-state index in [0.29, 0.717) is 16.7 Å². The maximum Gasteiger partial charge on any atom is 0.140 e. The molecule has 4 heteroatoms. The van der Waals surface area contributed by atoms with E-state index in [1.54, 1.807) is 18.2 Å². The molecule has 1 aromatic heterocycles. The zero-order valence-electron chi connectivity index (χ0n) is 7.71. The average molecular weight is 191 g/mol. The standard InChI is InChI=1S/C10H10FN3/c1-6-2-4-8(11)7-3-5-9(14-12)13-10(6)7/h2-5H,12H2,1H3,(H,13,14). The molecule has 0 aliphatic rings. The topological polar surface area (TPSA) is 50.9 Å². The lowest BCUT2D eigenvalue weighted by atomic mass is 10.1. The van der Waals surface area contributed by atoms with Crippen molar-refractivity contribution in [1.29, 1.82) is 0 Å². The SMILES string of the molecule is Cc1ccc(F)c2ccc(NN)nc12. The van der Waals surface area contributed by atoms with Gasteiger partial charge < -0.3 is 5.43 Å². The Morgan fingerprint density at radius 1 is 1.29 bits per heavy atom. The van der Waals surface area contributed by atoms with Crippen LogP contribution in [0.3, 0.4) is 0 Å². The van der Waals surface area contributed by atoms with Crippen LogP contribution < -0.4 is 11.3 Å². The zero-order valence-corrected chi connectivity index (χ0v) is 7.71. The average Bonchev–Trinajstić information content (AvgIpc) is 2.23. The molecule has 0 spiro atoms. The van der Waals surface area contributed by atoms with Crippen molar-refractivity contribution in [2.75, 3.05) is 5.43 Å². The molecule has 0 amide bonds. The van der Waals surface area contributed by atoms with E-state index in [2.05, 4.69) is 10.4 Å². The zero-order chi connectivity index (χ0) is 10.1. The van der Waals surface area contributed by atoms with Gasteiger partial charge in [0.05, 0.1) is 5.52 Å². The van der Waals surface area contributed by atoms with Gasteiger partial charge in [-0.1, -0.05) is 6.07 Å². The van der Waals surface area contributed by atoms with Gasteiger partial charge in [0.15, 0.2) is 0 Å². The van der Waals surface area contributed by atoms with E-state index in [4.69, 9.17) is 5.84 Å². The molecule has 0 bridgehead atoms. The maximum absolute atomic E-state index is 13.3. The van der Waals surface area contributed by atoms with E-state index in [1.807, 2.05) is 6.92 Å². The highest BCUT2D eigenvalue weighted by Crippen LogP contribution is 2.21. The van der Waals surface area contributed by atoms with Gasteiger partial charge in [-0.3, -0.25) is 0 Å². The first kappa shape index (κ1) is 8.90. The minimum absolute atomic E-state index is 0.262. The normalized spacial score (nSPS) is 10.5. The number of hydrogen-bond donors (Lipinski definition) is 2. The third-order valence-electron chi connectivity index (χ3n) is 2.15. The van der Waals surface area contributed by atoms with Gasteiger partial charge in [-0.2, -0.15) is 0 Å². The number of nitrogens with zero attached hydrogens (tertiary/aromatic N) is 1. The van der Waals surface area contributed by atoms with Gasteiger partial charge in [0.25, 0.3) is 0 Å². The molecule has 72 valence electrons. The summed E-state index contributed by atoms with van der Waals surface area (Å²) < 4.78 is 13.3. The van der Waals surface area contributed by atoms with E-state index in [-0.39, 0.29) is 5.82 Å². The van der Waals surface area contributed by atoms with Crippen molar-refractivity contribution in [2.45, 2.75) is 6.92 Å². The molecule has 2 rings (SSSR count). The quantitative estimate of drug-likeness (QED) is 0.535. The van der Waals surface area contributed by atoms with Crippen LogP contribution in [0.2, 0.25) is 0 Å². The van der Waals surface area contributed by atoms with Crippen LogP contribution in [0.25, 0.3) is 10.9 Å². The van der Waals surface area contributed by atoms with Crippen LogP contribution >= 0.6 is 0 Å². The van der Waals surface area contributed by atoms with E-state index >= 15 is 0 Å². The molecular weight excluding hydrogens is 181 g/mol. The van der Waals surface area contributed by atoms with Crippen LogP contribution in [-0.4, -0.2) is 4.98 Å². The molecule has 0 aliphatic heterocycles. The summed E-state index contributed by atoms with van der Waals surface area (Å²) in [6.07, 6.45) is 0. The van der Waals surface area contributed by atoms with Crippen molar-refractivity contribution in [3.8, 4) is 0 Å². The highest BCUT2D eigenvalue weighted by atomic mass is 19.1. The summed E-state index contributed by atoms with van der Waals surface area (Å²) in [5.41, 5.74) is 4.00. The highest BCUT2D eigenvalue weighted by molar-refractivity contribution is 5.83. The summed E-state index contributed by atoms with van der Waals surface area (Å²) >= 11 is 0. The number of hydrazine groups is 1. The molecule has 3 nitrogen and oxygen atoms in total. The lowest BCUT2D eigenvalue weighted by Gasteiger charge is -2.04. The van der Waals surface area contributed by atoms with E-state index in [0.717, 1.165) is 5.56 Å². The van der Waals surface area contributed by atoms with Gasteiger partial charge in [-0.25, -0.2) is 15.2 Å². The van der Waals surface area contributed by atoms with Crippen LogP contribution in [0.15, 0.2) is 24.3 Å². The molecule has 0 saturated carbocycles. The largest absolute Gasteiger partial charge is 0.308 e. The Morgan fingerprint density at radius 3 is 2.79 bits per heavy atom. The number of nitrogen functional groups attached to an aromatic ring is 1. The molecule has 0 unspecified atom stereocenters. The third-order valence-corrected chi connectivity index (χ3v) is 2.15. The molecule has 0 saturated heterocycles. The Kier molecular flexibility index (Phi) is 2.05. The van der Waals surface area contributed by atoms with Crippen molar-refractivity contribution in [3.05, 3.63) is 35.6 Å². The molecule has 1 heterocycles. The number of nitrogens with one attached hydrogen (secondary N) is 1. The third kappa shape index (κ3) is 1.29. The van der Waals surface area contributed by atoms with Gasteiger partial charge in [-0.15, -0.1) is 0 Å². The van der Waals surface area contributed by atoms with E-state index < -0.39 is 0 Å². The van der Waals surface area contributed by atoms with E-state index in [1.165, 1.54) is 6.07 Å². The van der Waals surface area contributed by atoms with Crippen LogP contribution in [-0.2, 0) is 0 Å². The molecular formula is C10H10FN3. The predicted molar refractivity (Wildman–Crippen MR) is 54.2 cm³/mol. The number of rotatable bonds is 1. The first-order valence-corrected chi connectivity index (χ1v) is 4.25. The van der Waals surface area contributed by atoms with Gasteiger partial charge in [0.1, 0.15) is 11.6 Å². The number of pyridine rings is 1. The molecule has 14 heavy (non-hydrogen) atoms. The lowest BCUT2D eigenvalue weighted by Crippen LogP contribution is -2.08. The van der Waals surface area contributed by atoms with Crippen molar-refractivity contribution in [1.82, 2.24) is 4.98 Å². The highest BCUT2D eigenvalue weighted by Gasteiger charge is 2.04. The Labute approximate surface area is 80.7 Å². The Morgan fingerprint density at radius 2 is 2.07 bits per heavy atom. The van der Waals surface area contributed by atoms with Crippen LogP contribution in [0.5, 0.6) is 0 Å². The molecule has 0 fully saturated rings. The Bertz CT molecular complexity index is 482. The second-order valence-corrected chi connectivity index (χ2v) is 3.10. The first-order chi connectivity index (χ1) is 6.72. The Hall–Kier alpha value is -1.68. The van der Waals surface area contributed by atoms with Crippen molar-refractivity contribution < 1.29 is 4.39 Å². The second kappa shape index (κ2) is 3.23. The van der Waals surface area contributed by atoms with Crippen LogP contribution in [0.1, 0.15) is 5.56 Å². The summed E-state index contributed by atoms with van der Waals surface area (Å²) in [4.78, 5) is 4.18. The minimum Gasteiger partial charge on any atom is -0.308 e. The number of halogens is 1. The smallest absolute Gasteiger partial charge is 0.140 e. The van der Waals surface area contributed by atoms with Crippen molar-refractivity contribution in [2.24, 2.45) is 5.84 Å². The molecule has 1 aromatic carbocycles. The molecule has 3 N–H and O–H groups in total. The summed E-state index contributed by atoms with van der Waals surface area (Å²) in [7, 11) is 0. The van der Waals surface area contributed by atoms with Gasteiger partial charge in [0.2, 0.25) is 0 Å².